The molecule has 2 aromatic carbocycles. The number of allylic oxidation sites excluding steroid dienone is 1. The molecule has 0 atom stereocenters. The second-order valence-electron chi connectivity index (χ2n) is 5.90. The Morgan fingerprint density at radius 3 is 2.62 bits per heavy atom. The zero-order valence-corrected chi connectivity index (χ0v) is 17.9. The molecule has 0 fully saturated rings. The molecule has 29 heavy (non-hydrogen) atoms. The van der Waals surface area contributed by atoms with E-state index >= 15 is 0 Å². The summed E-state index contributed by atoms with van der Waals surface area (Å²) in [6.07, 6.45) is 1.74. The summed E-state index contributed by atoms with van der Waals surface area (Å²) >= 11 is 13.4. The maximum absolute atomic E-state index is 12.3. The van der Waals surface area contributed by atoms with Crippen LogP contribution in [0.3, 0.4) is 0 Å². The van der Waals surface area contributed by atoms with E-state index in [0.29, 0.717) is 33.3 Å². The number of carbonyl (C=O) groups excluding carboxylic acids is 1. The van der Waals surface area contributed by atoms with E-state index in [-0.39, 0.29) is 11.7 Å². The molecule has 0 spiro atoms. The summed E-state index contributed by atoms with van der Waals surface area (Å²) in [5, 5.41) is 12.8. The number of anilines is 1. The summed E-state index contributed by atoms with van der Waals surface area (Å²) in [7, 11) is 1.59. The maximum atomic E-state index is 12.3. The number of rotatable bonds is 8. The predicted octanol–water partition coefficient (Wildman–Crippen LogP) is 5.18. The van der Waals surface area contributed by atoms with Crippen molar-refractivity contribution in [3.05, 3.63) is 65.2 Å². The molecule has 3 aromatic rings. The lowest BCUT2D eigenvalue weighted by Gasteiger charge is -2.09. The van der Waals surface area contributed by atoms with Crippen LogP contribution in [0, 0.1) is 0 Å². The van der Waals surface area contributed by atoms with Crippen molar-refractivity contribution < 1.29 is 9.53 Å². The summed E-state index contributed by atoms with van der Waals surface area (Å²) in [5.74, 6) is 1.39. The molecule has 1 N–H and O–H groups in total. The quantitative estimate of drug-likeness (QED) is 0.379. The van der Waals surface area contributed by atoms with Gasteiger partial charge in [-0.2, -0.15) is 0 Å². The minimum absolute atomic E-state index is 0.149. The molecule has 1 heterocycles. The highest BCUT2D eigenvalue weighted by molar-refractivity contribution is 7.99. The number of thioether (sulfide) groups is 1. The van der Waals surface area contributed by atoms with Crippen LogP contribution >= 0.6 is 35.0 Å². The summed E-state index contributed by atoms with van der Waals surface area (Å²) < 4.78 is 6.98. The maximum Gasteiger partial charge on any atom is 0.234 e. The summed E-state index contributed by atoms with van der Waals surface area (Å²) in [6, 6.07) is 12.4. The molecule has 0 aliphatic heterocycles. The molecule has 1 amide bonds. The van der Waals surface area contributed by atoms with Crippen LogP contribution in [0.5, 0.6) is 5.75 Å². The molecule has 3 rings (SSSR count). The highest BCUT2D eigenvalue weighted by Crippen LogP contribution is 2.29. The van der Waals surface area contributed by atoms with Gasteiger partial charge in [0, 0.05) is 17.8 Å². The van der Waals surface area contributed by atoms with E-state index in [9.17, 15) is 4.79 Å². The van der Waals surface area contributed by atoms with Crippen molar-refractivity contribution in [1.29, 1.82) is 0 Å². The molecule has 0 saturated heterocycles. The number of nitrogens with one attached hydrogen (secondary N) is 1. The lowest BCUT2D eigenvalue weighted by molar-refractivity contribution is -0.113. The monoisotopic (exact) mass is 448 g/mol. The first-order chi connectivity index (χ1) is 14.0. The largest absolute Gasteiger partial charge is 0.497 e. The first kappa shape index (κ1) is 21.2. The average molecular weight is 449 g/mol. The first-order valence-corrected chi connectivity index (χ1v) is 10.3. The van der Waals surface area contributed by atoms with E-state index in [0.717, 1.165) is 11.3 Å². The fraction of sp³-hybridized carbons (Fsp3) is 0.150. The van der Waals surface area contributed by atoms with E-state index in [2.05, 4.69) is 22.1 Å². The fourth-order valence-electron chi connectivity index (χ4n) is 2.54. The smallest absolute Gasteiger partial charge is 0.234 e. The molecule has 0 saturated carbocycles. The van der Waals surface area contributed by atoms with Crippen LogP contribution in [0.2, 0.25) is 10.0 Å². The van der Waals surface area contributed by atoms with Gasteiger partial charge in [-0.15, -0.1) is 16.8 Å². The van der Waals surface area contributed by atoms with Crippen LogP contribution < -0.4 is 10.1 Å². The Morgan fingerprint density at radius 2 is 1.97 bits per heavy atom. The van der Waals surface area contributed by atoms with Gasteiger partial charge in [0.25, 0.3) is 0 Å². The summed E-state index contributed by atoms with van der Waals surface area (Å²) in [5.41, 5.74) is 1.48. The molecule has 150 valence electrons. The Morgan fingerprint density at radius 1 is 1.21 bits per heavy atom. The van der Waals surface area contributed by atoms with E-state index < -0.39 is 0 Å². The molecule has 0 unspecified atom stereocenters. The Labute approximate surface area is 182 Å². The van der Waals surface area contributed by atoms with Crippen LogP contribution in [0.25, 0.3) is 11.4 Å². The molecule has 6 nitrogen and oxygen atoms in total. The first-order valence-electron chi connectivity index (χ1n) is 8.58. The second kappa shape index (κ2) is 9.82. The molecular weight excluding hydrogens is 431 g/mol. The predicted molar refractivity (Wildman–Crippen MR) is 118 cm³/mol. The van der Waals surface area contributed by atoms with Crippen molar-refractivity contribution in [1.82, 2.24) is 14.8 Å². The fourth-order valence-corrected chi connectivity index (χ4v) is 3.59. The molecule has 0 bridgehead atoms. The lowest BCUT2D eigenvalue weighted by Crippen LogP contribution is -2.14. The molecular formula is C20H18Cl2N4O2S. The van der Waals surface area contributed by atoms with Gasteiger partial charge in [0.05, 0.1) is 22.9 Å². The van der Waals surface area contributed by atoms with Crippen LogP contribution in [0.15, 0.2) is 60.3 Å². The van der Waals surface area contributed by atoms with Crippen LogP contribution in [-0.4, -0.2) is 33.5 Å². The standard InChI is InChI=1S/C20H18Cl2N4O2S/c1-3-10-26-19(13-4-9-16(21)17(22)11-13)24-25-20(26)29-12-18(27)23-14-5-7-15(28-2)8-6-14/h3-9,11H,1,10,12H2,2H3,(H,23,27). The van der Waals surface area contributed by atoms with Gasteiger partial charge in [-0.05, 0) is 42.5 Å². The van der Waals surface area contributed by atoms with Crippen molar-refractivity contribution in [3.63, 3.8) is 0 Å². The van der Waals surface area contributed by atoms with Crippen molar-refractivity contribution in [2.75, 3.05) is 18.2 Å². The number of amides is 1. The van der Waals surface area contributed by atoms with Crippen LogP contribution in [-0.2, 0) is 11.3 Å². The number of halogens is 2. The lowest BCUT2D eigenvalue weighted by atomic mass is 10.2. The topological polar surface area (TPSA) is 69.0 Å². The van der Waals surface area contributed by atoms with Gasteiger partial charge in [0.1, 0.15) is 5.75 Å². The minimum atomic E-state index is -0.149. The van der Waals surface area contributed by atoms with E-state index in [1.54, 1.807) is 49.6 Å². The van der Waals surface area contributed by atoms with Gasteiger partial charge in [-0.3, -0.25) is 9.36 Å². The number of carbonyl (C=O) groups is 1. The van der Waals surface area contributed by atoms with E-state index in [1.807, 2.05) is 10.6 Å². The van der Waals surface area contributed by atoms with Gasteiger partial charge < -0.3 is 10.1 Å². The number of hydrogen-bond donors (Lipinski definition) is 1. The number of ether oxygens (including phenoxy) is 1. The third kappa shape index (κ3) is 5.32. The number of nitrogens with zero attached hydrogens (tertiary/aromatic N) is 3. The third-order valence-electron chi connectivity index (χ3n) is 3.91. The third-order valence-corrected chi connectivity index (χ3v) is 5.62. The SMILES string of the molecule is C=CCn1c(SCC(=O)Nc2ccc(OC)cc2)nnc1-c1ccc(Cl)c(Cl)c1. The van der Waals surface area contributed by atoms with E-state index in [1.165, 1.54) is 11.8 Å². The molecule has 0 radical (unpaired) electrons. The number of benzene rings is 2. The molecule has 0 aliphatic rings. The second-order valence-corrected chi connectivity index (χ2v) is 7.66. The number of hydrogen-bond acceptors (Lipinski definition) is 5. The zero-order valence-electron chi connectivity index (χ0n) is 15.6. The van der Waals surface area contributed by atoms with Gasteiger partial charge in [-0.1, -0.05) is 41.0 Å². The normalized spacial score (nSPS) is 10.6. The Balaban J connectivity index is 1.71. The van der Waals surface area contributed by atoms with Gasteiger partial charge >= 0.3 is 0 Å². The number of methoxy groups -OCH3 is 1. The van der Waals surface area contributed by atoms with Crippen LogP contribution in [0.4, 0.5) is 5.69 Å². The van der Waals surface area contributed by atoms with Gasteiger partial charge in [-0.25, -0.2) is 0 Å². The summed E-state index contributed by atoms with van der Waals surface area (Å²) in [4.78, 5) is 12.3. The molecule has 9 heteroatoms. The minimum Gasteiger partial charge on any atom is -0.497 e. The highest BCUT2D eigenvalue weighted by atomic mass is 35.5. The van der Waals surface area contributed by atoms with Crippen molar-refractivity contribution >= 4 is 46.6 Å². The van der Waals surface area contributed by atoms with Gasteiger partial charge in [0.2, 0.25) is 5.91 Å². The molecule has 1 aromatic heterocycles. The van der Waals surface area contributed by atoms with E-state index in [4.69, 9.17) is 27.9 Å². The van der Waals surface area contributed by atoms with Crippen molar-refractivity contribution in [3.8, 4) is 17.1 Å². The Hall–Kier alpha value is -2.48. The average Bonchev–Trinajstić information content (AvgIpc) is 3.12. The van der Waals surface area contributed by atoms with Crippen LogP contribution in [0.1, 0.15) is 0 Å². The van der Waals surface area contributed by atoms with Crippen molar-refractivity contribution in [2.45, 2.75) is 11.7 Å². The zero-order chi connectivity index (χ0) is 20.8. The van der Waals surface area contributed by atoms with Crippen molar-refractivity contribution in [2.24, 2.45) is 0 Å². The molecule has 0 aliphatic carbocycles. The Kier molecular flexibility index (Phi) is 7.19. The van der Waals surface area contributed by atoms with Gasteiger partial charge in [0.15, 0.2) is 11.0 Å². The highest BCUT2D eigenvalue weighted by Gasteiger charge is 2.16. The Bertz CT molecular complexity index is 1020. The number of aromatic nitrogens is 3. The summed E-state index contributed by atoms with van der Waals surface area (Å²) in [6.45, 7) is 4.28.